The van der Waals surface area contributed by atoms with Crippen molar-refractivity contribution in [3.05, 3.63) is 0 Å². The van der Waals surface area contributed by atoms with E-state index in [1.165, 1.54) is 25.7 Å². The first kappa shape index (κ1) is 11.0. The van der Waals surface area contributed by atoms with Gasteiger partial charge in [0.2, 0.25) is 0 Å². The molecule has 13 heavy (non-hydrogen) atoms. The van der Waals surface area contributed by atoms with Gasteiger partial charge in [-0.05, 0) is 32.1 Å². The molecule has 0 aliphatic heterocycles. The van der Waals surface area contributed by atoms with E-state index in [9.17, 15) is 5.11 Å². The van der Waals surface area contributed by atoms with Gasteiger partial charge in [0.15, 0.2) is 0 Å². The van der Waals surface area contributed by atoms with Crippen LogP contribution in [0.25, 0.3) is 0 Å². The van der Waals surface area contributed by atoms with E-state index in [-0.39, 0.29) is 12.2 Å². The van der Waals surface area contributed by atoms with Crippen molar-refractivity contribution < 1.29 is 9.84 Å². The zero-order valence-corrected chi connectivity index (χ0v) is 8.83. The molecule has 1 aliphatic carbocycles. The maximum atomic E-state index is 9.48. The van der Waals surface area contributed by atoms with Gasteiger partial charge in [0.25, 0.3) is 0 Å². The molecule has 0 saturated heterocycles. The fourth-order valence-corrected chi connectivity index (χ4v) is 1.91. The van der Waals surface area contributed by atoms with Crippen molar-refractivity contribution in [1.82, 2.24) is 0 Å². The van der Waals surface area contributed by atoms with Crippen LogP contribution in [0.5, 0.6) is 0 Å². The second-order valence-electron chi connectivity index (χ2n) is 4.16. The minimum absolute atomic E-state index is 0.00519. The van der Waals surface area contributed by atoms with Crippen LogP contribution in [0.15, 0.2) is 0 Å². The molecule has 1 aliphatic rings. The molecule has 0 aromatic heterocycles. The standard InChI is InChI=1S/C11H22O2/c1-3-11(12)9(2)13-8-10-6-4-5-7-10/h9-12H,3-8H2,1-2H3. The number of hydrogen-bond donors (Lipinski definition) is 1. The summed E-state index contributed by atoms with van der Waals surface area (Å²) in [5.41, 5.74) is 0. The molecule has 78 valence electrons. The predicted octanol–water partition coefficient (Wildman–Crippen LogP) is 2.35. The van der Waals surface area contributed by atoms with Crippen LogP contribution in [-0.2, 0) is 4.74 Å². The summed E-state index contributed by atoms with van der Waals surface area (Å²) < 4.78 is 5.63. The Balaban J connectivity index is 2.10. The third kappa shape index (κ3) is 3.65. The van der Waals surface area contributed by atoms with Gasteiger partial charge in [0.1, 0.15) is 0 Å². The first-order valence-corrected chi connectivity index (χ1v) is 5.53. The number of aliphatic hydroxyl groups excluding tert-OH is 1. The Kier molecular flexibility index (Phi) is 4.74. The number of aliphatic hydroxyl groups is 1. The van der Waals surface area contributed by atoms with Crippen molar-refractivity contribution in [2.24, 2.45) is 5.92 Å². The SMILES string of the molecule is CCC(O)C(C)OCC1CCCC1. The molecule has 0 aromatic rings. The van der Waals surface area contributed by atoms with Crippen LogP contribution in [-0.4, -0.2) is 23.9 Å². The van der Waals surface area contributed by atoms with E-state index < -0.39 is 0 Å². The van der Waals surface area contributed by atoms with Crippen molar-refractivity contribution >= 4 is 0 Å². The molecule has 1 rings (SSSR count). The van der Waals surface area contributed by atoms with Gasteiger partial charge in [-0.3, -0.25) is 0 Å². The Bertz CT molecular complexity index is 130. The fraction of sp³-hybridized carbons (Fsp3) is 1.00. The summed E-state index contributed by atoms with van der Waals surface area (Å²) in [6.07, 6.45) is 5.85. The van der Waals surface area contributed by atoms with Crippen LogP contribution in [0.4, 0.5) is 0 Å². The Hall–Kier alpha value is -0.0800. The molecule has 2 atom stereocenters. The molecule has 1 saturated carbocycles. The van der Waals surface area contributed by atoms with Gasteiger partial charge in [-0.1, -0.05) is 19.8 Å². The largest absolute Gasteiger partial charge is 0.390 e. The highest BCUT2D eigenvalue weighted by atomic mass is 16.5. The van der Waals surface area contributed by atoms with E-state index in [2.05, 4.69) is 0 Å². The lowest BCUT2D eigenvalue weighted by atomic mass is 10.1. The number of hydrogen-bond acceptors (Lipinski definition) is 2. The molecule has 0 aromatic carbocycles. The highest BCUT2D eigenvalue weighted by Crippen LogP contribution is 2.25. The highest BCUT2D eigenvalue weighted by Gasteiger charge is 2.18. The van der Waals surface area contributed by atoms with Crippen LogP contribution in [0.1, 0.15) is 46.0 Å². The zero-order valence-electron chi connectivity index (χ0n) is 8.83. The molecular weight excluding hydrogens is 164 g/mol. The highest BCUT2D eigenvalue weighted by molar-refractivity contribution is 4.68. The van der Waals surface area contributed by atoms with Crippen molar-refractivity contribution in [3.63, 3.8) is 0 Å². The Morgan fingerprint density at radius 1 is 1.38 bits per heavy atom. The summed E-state index contributed by atoms with van der Waals surface area (Å²) in [5, 5.41) is 9.48. The van der Waals surface area contributed by atoms with Gasteiger partial charge in [-0.2, -0.15) is 0 Å². The van der Waals surface area contributed by atoms with Gasteiger partial charge in [-0.15, -0.1) is 0 Å². The second-order valence-corrected chi connectivity index (χ2v) is 4.16. The first-order valence-electron chi connectivity index (χ1n) is 5.53. The van der Waals surface area contributed by atoms with Crippen LogP contribution in [0.3, 0.4) is 0 Å². The molecule has 0 spiro atoms. The average Bonchev–Trinajstić information content (AvgIpc) is 2.65. The summed E-state index contributed by atoms with van der Waals surface area (Å²) in [6.45, 7) is 4.79. The maximum Gasteiger partial charge on any atom is 0.0805 e. The van der Waals surface area contributed by atoms with E-state index in [0.29, 0.717) is 0 Å². The quantitative estimate of drug-likeness (QED) is 0.714. The van der Waals surface area contributed by atoms with E-state index in [1.54, 1.807) is 0 Å². The van der Waals surface area contributed by atoms with Crippen LogP contribution >= 0.6 is 0 Å². The van der Waals surface area contributed by atoms with Gasteiger partial charge in [-0.25, -0.2) is 0 Å². The lowest BCUT2D eigenvalue weighted by Crippen LogP contribution is -2.27. The molecule has 1 N–H and O–H groups in total. The summed E-state index contributed by atoms with van der Waals surface area (Å²) in [4.78, 5) is 0. The third-order valence-electron chi connectivity index (χ3n) is 3.03. The monoisotopic (exact) mass is 186 g/mol. The molecule has 1 fully saturated rings. The number of rotatable bonds is 5. The van der Waals surface area contributed by atoms with Crippen molar-refractivity contribution in [2.75, 3.05) is 6.61 Å². The van der Waals surface area contributed by atoms with Crippen molar-refractivity contribution in [2.45, 2.75) is 58.2 Å². The molecule has 2 heteroatoms. The van der Waals surface area contributed by atoms with E-state index in [1.807, 2.05) is 13.8 Å². The van der Waals surface area contributed by atoms with Crippen LogP contribution in [0, 0.1) is 5.92 Å². The smallest absolute Gasteiger partial charge is 0.0805 e. The van der Waals surface area contributed by atoms with E-state index >= 15 is 0 Å². The first-order chi connectivity index (χ1) is 6.24. The second kappa shape index (κ2) is 5.61. The van der Waals surface area contributed by atoms with Crippen molar-refractivity contribution in [1.29, 1.82) is 0 Å². The fourth-order valence-electron chi connectivity index (χ4n) is 1.91. The van der Waals surface area contributed by atoms with Gasteiger partial charge in [0, 0.05) is 6.61 Å². The molecule has 2 nitrogen and oxygen atoms in total. The van der Waals surface area contributed by atoms with E-state index in [0.717, 1.165) is 18.9 Å². The van der Waals surface area contributed by atoms with Gasteiger partial charge < -0.3 is 9.84 Å². The van der Waals surface area contributed by atoms with Crippen molar-refractivity contribution in [3.8, 4) is 0 Å². The van der Waals surface area contributed by atoms with Gasteiger partial charge in [0.05, 0.1) is 12.2 Å². The van der Waals surface area contributed by atoms with Crippen LogP contribution in [0.2, 0.25) is 0 Å². The molecule has 2 unspecified atom stereocenters. The lowest BCUT2D eigenvalue weighted by molar-refractivity contribution is -0.0395. The maximum absolute atomic E-state index is 9.48. The summed E-state index contributed by atoms with van der Waals surface area (Å²) in [5.74, 6) is 0.756. The summed E-state index contributed by atoms with van der Waals surface area (Å²) in [7, 11) is 0. The minimum atomic E-state index is -0.290. The minimum Gasteiger partial charge on any atom is -0.390 e. The van der Waals surface area contributed by atoms with Gasteiger partial charge >= 0.3 is 0 Å². The molecule has 0 bridgehead atoms. The van der Waals surface area contributed by atoms with E-state index in [4.69, 9.17) is 4.74 Å². The van der Waals surface area contributed by atoms with Crippen LogP contribution < -0.4 is 0 Å². The Labute approximate surface area is 81.3 Å². The molecular formula is C11H22O2. The summed E-state index contributed by atoms with van der Waals surface area (Å²) in [6, 6.07) is 0. The molecule has 0 heterocycles. The predicted molar refractivity (Wildman–Crippen MR) is 53.7 cm³/mol. The lowest BCUT2D eigenvalue weighted by Gasteiger charge is -2.20. The average molecular weight is 186 g/mol. The topological polar surface area (TPSA) is 29.5 Å². The molecule has 0 radical (unpaired) electrons. The normalized spacial score (nSPS) is 23.3. The zero-order chi connectivity index (χ0) is 9.68. The molecule has 0 amide bonds. The number of ether oxygens (including phenoxy) is 1. The third-order valence-corrected chi connectivity index (χ3v) is 3.03. The summed E-state index contributed by atoms with van der Waals surface area (Å²) >= 11 is 0. The Morgan fingerprint density at radius 2 is 2.00 bits per heavy atom. The Morgan fingerprint density at radius 3 is 2.54 bits per heavy atom.